The Morgan fingerprint density at radius 3 is 3.00 bits per heavy atom. The topological polar surface area (TPSA) is 100 Å². The van der Waals surface area contributed by atoms with Gasteiger partial charge in [-0.1, -0.05) is 6.07 Å². The van der Waals surface area contributed by atoms with E-state index in [1.165, 1.54) is 16.2 Å². The summed E-state index contributed by atoms with van der Waals surface area (Å²) in [5, 5.41) is 12.0. The molecule has 0 fully saturated rings. The minimum absolute atomic E-state index is 0.111. The fraction of sp³-hybridized carbons (Fsp3) is 0.250. The number of thiophene rings is 1. The van der Waals surface area contributed by atoms with E-state index in [4.69, 9.17) is 11.0 Å². The Labute approximate surface area is 137 Å². The van der Waals surface area contributed by atoms with E-state index >= 15 is 0 Å². The highest BCUT2D eigenvalue weighted by Crippen LogP contribution is 2.36. The molecular formula is C16H13N4O2S. The fourth-order valence-corrected chi connectivity index (χ4v) is 3.79. The molecule has 1 aliphatic rings. The molecular weight excluding hydrogens is 312 g/mol. The number of nitrogens with two attached hydrogens (primary N) is 1. The Balaban J connectivity index is 1.89. The second-order valence-corrected chi connectivity index (χ2v) is 6.02. The first kappa shape index (κ1) is 15.2. The molecule has 2 N–H and O–H groups in total. The number of rotatable bonds is 3. The van der Waals surface area contributed by atoms with Crippen LogP contribution in [-0.2, 0) is 22.4 Å². The van der Waals surface area contributed by atoms with Gasteiger partial charge < -0.3 is 10.6 Å². The van der Waals surface area contributed by atoms with Crippen LogP contribution >= 0.6 is 11.3 Å². The molecule has 23 heavy (non-hydrogen) atoms. The number of hydrogen-bond donors (Lipinski definition) is 1. The van der Waals surface area contributed by atoms with Crippen molar-refractivity contribution in [1.29, 1.82) is 5.26 Å². The van der Waals surface area contributed by atoms with Crippen LogP contribution in [-0.4, -0.2) is 28.2 Å². The molecule has 1 radical (unpaired) electrons. The Hall–Kier alpha value is -2.72. The highest BCUT2D eigenvalue weighted by molar-refractivity contribution is 7.10. The van der Waals surface area contributed by atoms with Gasteiger partial charge in [-0.3, -0.25) is 14.6 Å². The van der Waals surface area contributed by atoms with Gasteiger partial charge >= 0.3 is 0 Å². The monoisotopic (exact) mass is 325 g/mol. The first-order chi connectivity index (χ1) is 11.1. The number of primary amides is 1. The average molecular weight is 325 g/mol. The highest BCUT2D eigenvalue weighted by Gasteiger charge is 2.37. The van der Waals surface area contributed by atoms with Gasteiger partial charge in [-0.25, -0.2) is 0 Å². The van der Waals surface area contributed by atoms with Gasteiger partial charge in [-0.15, -0.1) is 11.3 Å². The lowest BCUT2D eigenvalue weighted by molar-refractivity contribution is -0.139. The number of amides is 2. The molecule has 0 bridgehead atoms. The molecule has 0 aromatic carbocycles. The van der Waals surface area contributed by atoms with E-state index in [0.29, 0.717) is 29.1 Å². The molecule has 0 saturated carbocycles. The summed E-state index contributed by atoms with van der Waals surface area (Å²) in [6.07, 6.45) is 2.26. The van der Waals surface area contributed by atoms with E-state index in [2.05, 4.69) is 16.4 Å². The number of hydrogen-bond acceptors (Lipinski definition) is 5. The van der Waals surface area contributed by atoms with Gasteiger partial charge in [0.1, 0.15) is 12.1 Å². The van der Waals surface area contributed by atoms with Crippen molar-refractivity contribution in [3.05, 3.63) is 51.5 Å². The first-order valence-corrected chi connectivity index (χ1v) is 7.85. The summed E-state index contributed by atoms with van der Waals surface area (Å²) in [5.41, 5.74) is 7.38. The van der Waals surface area contributed by atoms with Crippen LogP contribution in [0.1, 0.15) is 27.7 Å². The summed E-state index contributed by atoms with van der Waals surface area (Å²) in [5.74, 6) is -0.801. The van der Waals surface area contributed by atoms with Gasteiger partial charge in [-0.2, -0.15) is 5.26 Å². The lowest BCUT2D eigenvalue weighted by Crippen LogP contribution is -2.46. The molecule has 1 atom stereocenters. The lowest BCUT2D eigenvalue weighted by Gasteiger charge is -2.33. The van der Waals surface area contributed by atoms with E-state index in [1.54, 1.807) is 18.3 Å². The predicted molar refractivity (Wildman–Crippen MR) is 83.2 cm³/mol. The van der Waals surface area contributed by atoms with Crippen molar-refractivity contribution in [2.45, 2.75) is 18.9 Å². The van der Waals surface area contributed by atoms with Gasteiger partial charge in [-0.05, 0) is 24.1 Å². The van der Waals surface area contributed by atoms with Crippen LogP contribution in [0.4, 0.5) is 0 Å². The molecule has 3 rings (SSSR count). The van der Waals surface area contributed by atoms with E-state index in [0.717, 1.165) is 5.56 Å². The summed E-state index contributed by atoms with van der Waals surface area (Å²) in [6.45, 7) is 0.353. The quantitative estimate of drug-likeness (QED) is 0.908. The number of carbonyl (C=O) groups is 2. The maximum Gasteiger partial charge on any atom is 0.245 e. The van der Waals surface area contributed by atoms with Crippen LogP contribution in [0, 0.1) is 16.7 Å². The van der Waals surface area contributed by atoms with Crippen LogP contribution in [0.2, 0.25) is 0 Å². The minimum atomic E-state index is -0.835. The van der Waals surface area contributed by atoms with Crippen LogP contribution < -0.4 is 5.73 Å². The summed E-state index contributed by atoms with van der Waals surface area (Å²) in [7, 11) is 0. The van der Waals surface area contributed by atoms with Crippen molar-refractivity contribution in [3.63, 3.8) is 0 Å². The molecule has 2 aromatic rings. The van der Waals surface area contributed by atoms with Crippen LogP contribution in [0.25, 0.3) is 0 Å². The van der Waals surface area contributed by atoms with Gasteiger partial charge in [0.25, 0.3) is 0 Å². The molecule has 0 saturated heterocycles. The molecule has 1 aliphatic heterocycles. The molecule has 7 heteroatoms. The van der Waals surface area contributed by atoms with Crippen molar-refractivity contribution in [3.8, 4) is 6.07 Å². The number of aromatic nitrogens is 1. The van der Waals surface area contributed by atoms with Gasteiger partial charge in [0.15, 0.2) is 0 Å². The SMILES string of the molecule is N#Cc1[c]sc2c1CCN(C(=O)Cc1ccccn1)C2C(N)=O. The summed E-state index contributed by atoms with van der Waals surface area (Å²) in [6, 6.07) is 6.58. The Morgan fingerprint density at radius 1 is 1.52 bits per heavy atom. The number of nitriles is 1. The minimum Gasteiger partial charge on any atom is -0.368 e. The third-order valence-electron chi connectivity index (χ3n) is 3.79. The average Bonchev–Trinajstić information content (AvgIpc) is 2.97. The van der Waals surface area contributed by atoms with Gasteiger partial charge in [0.05, 0.1) is 17.4 Å². The Morgan fingerprint density at radius 2 is 2.35 bits per heavy atom. The first-order valence-electron chi connectivity index (χ1n) is 7.04. The third kappa shape index (κ3) is 2.81. The van der Waals surface area contributed by atoms with E-state index in [1.807, 2.05) is 6.07 Å². The van der Waals surface area contributed by atoms with Crippen molar-refractivity contribution >= 4 is 23.2 Å². The zero-order valence-corrected chi connectivity index (χ0v) is 13.0. The lowest BCUT2D eigenvalue weighted by atomic mass is 9.97. The van der Waals surface area contributed by atoms with Gasteiger partial charge in [0.2, 0.25) is 11.8 Å². The van der Waals surface area contributed by atoms with Crippen molar-refractivity contribution < 1.29 is 9.59 Å². The van der Waals surface area contributed by atoms with Crippen molar-refractivity contribution in [1.82, 2.24) is 9.88 Å². The molecule has 6 nitrogen and oxygen atoms in total. The molecule has 2 aromatic heterocycles. The molecule has 0 aliphatic carbocycles. The highest BCUT2D eigenvalue weighted by atomic mass is 32.1. The second kappa shape index (κ2) is 6.18. The molecule has 3 heterocycles. The largest absolute Gasteiger partial charge is 0.368 e. The van der Waals surface area contributed by atoms with E-state index in [-0.39, 0.29) is 12.3 Å². The van der Waals surface area contributed by atoms with E-state index < -0.39 is 11.9 Å². The molecule has 2 amide bonds. The van der Waals surface area contributed by atoms with Crippen LogP contribution in [0.3, 0.4) is 0 Å². The summed E-state index contributed by atoms with van der Waals surface area (Å²) < 4.78 is 0. The molecule has 1 unspecified atom stereocenters. The zero-order valence-electron chi connectivity index (χ0n) is 12.2. The number of nitrogens with zero attached hydrogens (tertiary/aromatic N) is 3. The van der Waals surface area contributed by atoms with Crippen molar-refractivity contribution in [2.24, 2.45) is 5.73 Å². The maximum absolute atomic E-state index is 12.6. The molecule has 115 valence electrons. The zero-order chi connectivity index (χ0) is 16.4. The third-order valence-corrected chi connectivity index (χ3v) is 4.78. The smallest absolute Gasteiger partial charge is 0.245 e. The van der Waals surface area contributed by atoms with Crippen LogP contribution in [0.5, 0.6) is 0 Å². The van der Waals surface area contributed by atoms with E-state index in [9.17, 15) is 9.59 Å². The summed E-state index contributed by atoms with van der Waals surface area (Å²) >= 11 is 1.18. The maximum atomic E-state index is 12.6. The Kier molecular flexibility index (Phi) is 4.08. The number of carbonyl (C=O) groups excluding carboxylic acids is 2. The summed E-state index contributed by atoms with van der Waals surface area (Å²) in [4.78, 5) is 30.7. The number of pyridine rings is 1. The fourth-order valence-electron chi connectivity index (χ4n) is 2.73. The predicted octanol–water partition coefficient (Wildman–Crippen LogP) is 0.969. The molecule has 0 spiro atoms. The number of fused-ring (bicyclic) bond motifs is 1. The second-order valence-electron chi connectivity index (χ2n) is 5.17. The standard InChI is InChI=1S/C16H13N4O2S/c17-8-10-9-23-15-12(10)4-6-20(14(15)16(18)22)13(21)7-11-3-1-2-5-19-11/h1-3,5,14H,4,6-7H2,(H2,18,22). The van der Waals surface area contributed by atoms with Gasteiger partial charge in [0, 0.05) is 23.3 Å². The van der Waals surface area contributed by atoms with Crippen LogP contribution in [0.15, 0.2) is 24.4 Å². The normalized spacial score (nSPS) is 16.5. The Bertz CT molecular complexity index is 794. The van der Waals surface area contributed by atoms with Crippen molar-refractivity contribution in [2.75, 3.05) is 6.54 Å².